The van der Waals surface area contributed by atoms with Gasteiger partial charge < -0.3 is 5.32 Å². The van der Waals surface area contributed by atoms with E-state index >= 15 is 0 Å². The quantitative estimate of drug-likeness (QED) is 0.823. The van der Waals surface area contributed by atoms with E-state index in [4.69, 9.17) is 23.2 Å². The summed E-state index contributed by atoms with van der Waals surface area (Å²) >= 11 is 11.8. The molecule has 1 aliphatic rings. The molecule has 2 aromatic carbocycles. The molecule has 5 nitrogen and oxygen atoms in total. The molecule has 1 amide bonds. The van der Waals surface area contributed by atoms with Crippen molar-refractivity contribution in [2.45, 2.75) is 17.7 Å². The lowest BCUT2D eigenvalue weighted by Gasteiger charge is -2.31. The molecule has 0 spiro atoms. The van der Waals surface area contributed by atoms with E-state index in [1.165, 1.54) is 16.4 Å². The third kappa shape index (κ3) is 4.38. The molecular formula is C18H18Cl2N2O3S. The van der Waals surface area contributed by atoms with Crippen molar-refractivity contribution < 1.29 is 13.2 Å². The van der Waals surface area contributed by atoms with Gasteiger partial charge >= 0.3 is 0 Å². The van der Waals surface area contributed by atoms with Gasteiger partial charge in [-0.3, -0.25) is 4.79 Å². The summed E-state index contributed by atoms with van der Waals surface area (Å²) in [6, 6.07) is 12.9. The highest BCUT2D eigenvalue weighted by Crippen LogP contribution is 2.26. The lowest BCUT2D eigenvalue weighted by Crippen LogP contribution is -2.43. The van der Waals surface area contributed by atoms with Gasteiger partial charge in [-0.05, 0) is 55.3 Å². The van der Waals surface area contributed by atoms with Crippen LogP contribution in [0.5, 0.6) is 0 Å². The van der Waals surface area contributed by atoms with Crippen molar-refractivity contribution >= 4 is 44.8 Å². The summed E-state index contributed by atoms with van der Waals surface area (Å²) in [5.41, 5.74) is 0.597. The second kappa shape index (κ2) is 7.96. The van der Waals surface area contributed by atoms with E-state index in [1.807, 2.05) is 0 Å². The number of nitrogens with zero attached hydrogens (tertiary/aromatic N) is 1. The molecule has 1 N–H and O–H groups in total. The smallest absolute Gasteiger partial charge is 0.243 e. The molecule has 1 fully saturated rings. The van der Waals surface area contributed by atoms with Crippen LogP contribution >= 0.6 is 23.2 Å². The maximum atomic E-state index is 12.8. The topological polar surface area (TPSA) is 66.5 Å². The monoisotopic (exact) mass is 412 g/mol. The van der Waals surface area contributed by atoms with Gasteiger partial charge in [0.15, 0.2) is 0 Å². The predicted molar refractivity (Wildman–Crippen MR) is 103 cm³/mol. The molecule has 1 atom stereocenters. The fourth-order valence-electron chi connectivity index (χ4n) is 2.94. The molecule has 0 radical (unpaired) electrons. The molecule has 2 aromatic rings. The van der Waals surface area contributed by atoms with Crippen LogP contribution in [0.3, 0.4) is 0 Å². The van der Waals surface area contributed by atoms with Crippen LogP contribution in [0.1, 0.15) is 12.8 Å². The van der Waals surface area contributed by atoms with Crippen molar-refractivity contribution in [3.63, 3.8) is 0 Å². The summed E-state index contributed by atoms with van der Waals surface area (Å²) in [5.74, 6) is -0.618. The van der Waals surface area contributed by atoms with E-state index in [0.717, 1.165) is 0 Å². The third-order valence-electron chi connectivity index (χ3n) is 4.30. The minimum atomic E-state index is -3.65. The van der Waals surface area contributed by atoms with Crippen LogP contribution in [0.4, 0.5) is 5.69 Å². The number of carbonyl (C=O) groups excluding carboxylic acids is 1. The van der Waals surface area contributed by atoms with Crippen LogP contribution in [0, 0.1) is 5.92 Å². The molecule has 0 aromatic heterocycles. The maximum absolute atomic E-state index is 12.8. The first-order valence-corrected chi connectivity index (χ1v) is 10.4. The zero-order valence-electron chi connectivity index (χ0n) is 13.9. The summed E-state index contributed by atoms with van der Waals surface area (Å²) in [7, 11) is -3.65. The molecule has 0 saturated carbocycles. The zero-order chi connectivity index (χ0) is 18.7. The van der Waals surface area contributed by atoms with Gasteiger partial charge in [-0.2, -0.15) is 4.31 Å². The second-order valence-electron chi connectivity index (χ2n) is 6.16. The van der Waals surface area contributed by atoms with Crippen LogP contribution in [-0.2, 0) is 14.8 Å². The van der Waals surface area contributed by atoms with Crippen molar-refractivity contribution in [3.05, 3.63) is 58.6 Å². The second-order valence-corrected chi connectivity index (χ2v) is 8.97. The van der Waals surface area contributed by atoms with E-state index in [1.54, 1.807) is 36.4 Å². The van der Waals surface area contributed by atoms with Crippen LogP contribution in [-0.4, -0.2) is 31.7 Å². The summed E-state index contributed by atoms with van der Waals surface area (Å²) in [6.07, 6.45) is 1.26. The Hall–Kier alpha value is -1.60. The van der Waals surface area contributed by atoms with E-state index in [2.05, 4.69) is 5.32 Å². The summed E-state index contributed by atoms with van der Waals surface area (Å²) in [4.78, 5) is 12.7. The fraction of sp³-hybridized carbons (Fsp3) is 0.278. The highest BCUT2D eigenvalue weighted by molar-refractivity contribution is 7.89. The molecule has 1 heterocycles. The average Bonchev–Trinajstić information content (AvgIpc) is 2.62. The van der Waals surface area contributed by atoms with Crippen molar-refractivity contribution in [3.8, 4) is 0 Å². The third-order valence-corrected chi connectivity index (χ3v) is 6.66. The predicted octanol–water partition coefficient (Wildman–Crippen LogP) is 4.03. The molecule has 8 heteroatoms. The number of hydrogen-bond acceptors (Lipinski definition) is 3. The summed E-state index contributed by atoms with van der Waals surface area (Å²) in [6.45, 7) is 0.545. The van der Waals surface area contributed by atoms with E-state index < -0.39 is 15.9 Å². The van der Waals surface area contributed by atoms with Crippen LogP contribution in [0.25, 0.3) is 0 Å². The minimum Gasteiger partial charge on any atom is -0.326 e. The van der Waals surface area contributed by atoms with E-state index in [9.17, 15) is 13.2 Å². The molecular weight excluding hydrogens is 395 g/mol. The molecule has 1 aliphatic heterocycles. The zero-order valence-corrected chi connectivity index (χ0v) is 16.2. The number of carbonyl (C=O) groups is 1. The first kappa shape index (κ1) is 19.2. The van der Waals surface area contributed by atoms with Gasteiger partial charge in [0.2, 0.25) is 15.9 Å². The molecule has 1 saturated heterocycles. The van der Waals surface area contributed by atoms with Gasteiger partial charge in [0, 0.05) is 28.8 Å². The summed E-state index contributed by atoms with van der Waals surface area (Å²) < 4.78 is 27.0. The van der Waals surface area contributed by atoms with Crippen molar-refractivity contribution in [1.29, 1.82) is 0 Å². The first-order chi connectivity index (χ1) is 12.4. The maximum Gasteiger partial charge on any atom is 0.243 e. The standard InChI is InChI=1S/C18H18Cl2N2O3S/c19-14-6-8-17(9-7-14)26(24,25)22-10-2-3-13(12-22)18(23)21-16-5-1-4-15(20)11-16/h1,4-9,11,13H,2-3,10,12H2,(H,21,23)/t13-/m1/s1. The number of piperidine rings is 1. The highest BCUT2D eigenvalue weighted by atomic mass is 35.5. The normalized spacial score (nSPS) is 18.5. The average molecular weight is 413 g/mol. The van der Waals surface area contributed by atoms with Crippen molar-refractivity contribution in [2.75, 3.05) is 18.4 Å². The Bertz CT molecular complexity index is 901. The number of hydrogen-bond donors (Lipinski definition) is 1. The Balaban J connectivity index is 1.72. The number of sulfonamides is 1. The van der Waals surface area contributed by atoms with Crippen LogP contribution in [0.2, 0.25) is 10.0 Å². The summed E-state index contributed by atoms with van der Waals surface area (Å²) in [5, 5.41) is 3.81. The number of anilines is 1. The Morgan fingerprint density at radius 1 is 1.08 bits per heavy atom. The van der Waals surface area contributed by atoms with Crippen LogP contribution < -0.4 is 5.32 Å². The number of benzene rings is 2. The largest absolute Gasteiger partial charge is 0.326 e. The van der Waals surface area contributed by atoms with Gasteiger partial charge in [-0.25, -0.2) is 8.42 Å². The van der Waals surface area contributed by atoms with E-state index in [-0.39, 0.29) is 17.3 Å². The Morgan fingerprint density at radius 3 is 2.50 bits per heavy atom. The Labute approximate surface area is 163 Å². The number of rotatable bonds is 4. The molecule has 26 heavy (non-hydrogen) atoms. The SMILES string of the molecule is O=C(Nc1cccc(Cl)c1)[C@@H]1CCCN(S(=O)(=O)c2ccc(Cl)cc2)C1. The van der Waals surface area contributed by atoms with Crippen LogP contribution in [0.15, 0.2) is 53.4 Å². The molecule has 138 valence electrons. The van der Waals surface area contributed by atoms with Crippen molar-refractivity contribution in [1.82, 2.24) is 4.31 Å². The minimum absolute atomic E-state index is 0.150. The number of amides is 1. The first-order valence-electron chi connectivity index (χ1n) is 8.18. The van der Waals surface area contributed by atoms with Gasteiger partial charge in [0.05, 0.1) is 10.8 Å². The number of nitrogens with one attached hydrogen (secondary N) is 1. The lowest BCUT2D eigenvalue weighted by atomic mass is 9.99. The van der Waals surface area contributed by atoms with Gasteiger partial charge in [0.1, 0.15) is 0 Å². The lowest BCUT2D eigenvalue weighted by molar-refractivity contribution is -0.120. The van der Waals surface area contributed by atoms with Gasteiger partial charge in [-0.15, -0.1) is 0 Å². The molecule has 0 unspecified atom stereocenters. The Morgan fingerprint density at radius 2 is 1.81 bits per heavy atom. The van der Waals surface area contributed by atoms with Gasteiger partial charge in [0.25, 0.3) is 0 Å². The fourth-order valence-corrected chi connectivity index (χ4v) is 4.78. The van der Waals surface area contributed by atoms with Crippen molar-refractivity contribution in [2.24, 2.45) is 5.92 Å². The molecule has 3 rings (SSSR count). The molecule has 0 aliphatic carbocycles. The Kier molecular flexibility index (Phi) is 5.87. The number of halogens is 2. The van der Waals surface area contributed by atoms with Gasteiger partial charge in [-0.1, -0.05) is 29.3 Å². The molecule has 0 bridgehead atoms. The van der Waals surface area contributed by atoms with E-state index in [0.29, 0.717) is 35.1 Å². The highest BCUT2D eigenvalue weighted by Gasteiger charge is 2.33.